The van der Waals surface area contributed by atoms with Crippen LogP contribution in [0.5, 0.6) is 0 Å². The highest BCUT2D eigenvalue weighted by molar-refractivity contribution is 4.90. The van der Waals surface area contributed by atoms with E-state index >= 15 is 0 Å². The molecule has 1 fully saturated rings. The van der Waals surface area contributed by atoms with Crippen LogP contribution in [-0.4, -0.2) is 31.1 Å². The highest BCUT2D eigenvalue weighted by Crippen LogP contribution is 2.40. The average Bonchev–Trinajstić information content (AvgIpc) is 2.26. The van der Waals surface area contributed by atoms with E-state index in [9.17, 15) is 0 Å². The van der Waals surface area contributed by atoms with E-state index in [2.05, 4.69) is 46.6 Å². The van der Waals surface area contributed by atoms with Crippen LogP contribution in [0.3, 0.4) is 0 Å². The summed E-state index contributed by atoms with van der Waals surface area (Å²) in [4.78, 5) is 2.53. The first-order valence-electron chi connectivity index (χ1n) is 7.60. The van der Waals surface area contributed by atoms with Crippen molar-refractivity contribution in [2.45, 2.75) is 66.3 Å². The summed E-state index contributed by atoms with van der Waals surface area (Å²) in [5.41, 5.74) is 6.84. The Kier molecular flexibility index (Phi) is 5.25. The van der Waals surface area contributed by atoms with Crippen molar-refractivity contribution in [1.82, 2.24) is 4.90 Å². The van der Waals surface area contributed by atoms with Crippen molar-refractivity contribution in [3.8, 4) is 0 Å². The van der Waals surface area contributed by atoms with Crippen molar-refractivity contribution in [3.63, 3.8) is 0 Å². The molecule has 2 N–H and O–H groups in total. The summed E-state index contributed by atoms with van der Waals surface area (Å²) in [5, 5.41) is 0. The Balaban J connectivity index is 2.68. The van der Waals surface area contributed by atoms with Crippen LogP contribution in [0.4, 0.5) is 0 Å². The molecular formula is C16H34N2. The molecule has 0 aromatic heterocycles. The molecule has 108 valence electrons. The molecule has 3 atom stereocenters. The van der Waals surface area contributed by atoms with E-state index in [0.29, 0.717) is 16.9 Å². The van der Waals surface area contributed by atoms with Crippen molar-refractivity contribution in [3.05, 3.63) is 0 Å². The van der Waals surface area contributed by atoms with Crippen LogP contribution < -0.4 is 5.73 Å². The predicted octanol–water partition coefficient (Wildman–Crippen LogP) is 3.51. The minimum Gasteiger partial charge on any atom is -0.330 e. The number of hydrogen-bond acceptors (Lipinski definition) is 2. The monoisotopic (exact) mass is 254 g/mol. The summed E-state index contributed by atoms with van der Waals surface area (Å²) in [7, 11) is 2.27. The molecule has 0 bridgehead atoms. The first-order chi connectivity index (χ1) is 8.20. The lowest BCUT2D eigenvalue weighted by Crippen LogP contribution is -2.49. The van der Waals surface area contributed by atoms with E-state index in [-0.39, 0.29) is 0 Å². The van der Waals surface area contributed by atoms with Crippen molar-refractivity contribution in [2.75, 3.05) is 20.1 Å². The van der Waals surface area contributed by atoms with Crippen LogP contribution in [-0.2, 0) is 0 Å². The Morgan fingerprint density at radius 2 is 2.00 bits per heavy atom. The summed E-state index contributed by atoms with van der Waals surface area (Å²) >= 11 is 0. The minimum atomic E-state index is 0.338. The molecule has 3 unspecified atom stereocenters. The topological polar surface area (TPSA) is 29.3 Å². The molecule has 0 aromatic rings. The second-order valence-electron chi connectivity index (χ2n) is 7.86. The fraction of sp³-hybridized carbons (Fsp3) is 1.00. The van der Waals surface area contributed by atoms with Gasteiger partial charge in [0.1, 0.15) is 0 Å². The maximum Gasteiger partial charge on any atom is 0.0113 e. The molecule has 2 nitrogen and oxygen atoms in total. The number of nitrogens with two attached hydrogens (primary N) is 1. The van der Waals surface area contributed by atoms with Crippen molar-refractivity contribution < 1.29 is 0 Å². The van der Waals surface area contributed by atoms with E-state index in [0.717, 1.165) is 19.0 Å². The first-order valence-corrected chi connectivity index (χ1v) is 7.60. The molecule has 2 heteroatoms. The van der Waals surface area contributed by atoms with Gasteiger partial charge in [-0.1, -0.05) is 40.5 Å². The molecule has 1 aliphatic carbocycles. The van der Waals surface area contributed by atoms with Gasteiger partial charge in [0.05, 0.1) is 0 Å². The van der Waals surface area contributed by atoms with E-state index in [1.165, 1.54) is 25.7 Å². The molecule has 1 aliphatic rings. The van der Waals surface area contributed by atoms with Gasteiger partial charge in [0, 0.05) is 12.6 Å². The summed E-state index contributed by atoms with van der Waals surface area (Å²) in [6.07, 6.45) is 5.37. The summed E-state index contributed by atoms with van der Waals surface area (Å²) in [5.74, 6) is 0.848. The standard InChI is InChI=1S/C16H34N2/c1-13-8-7-9-16(10-13,11-17)12-18(6)14(2)15(3,4)5/h13-14H,7-12,17H2,1-6H3. The lowest BCUT2D eigenvalue weighted by atomic mass is 9.69. The molecule has 0 radical (unpaired) electrons. The summed E-state index contributed by atoms with van der Waals surface area (Å²) in [6, 6.07) is 0.596. The van der Waals surface area contributed by atoms with Crippen LogP contribution >= 0.6 is 0 Å². The second-order valence-corrected chi connectivity index (χ2v) is 7.86. The van der Waals surface area contributed by atoms with Crippen molar-refractivity contribution in [1.29, 1.82) is 0 Å². The van der Waals surface area contributed by atoms with Gasteiger partial charge in [-0.15, -0.1) is 0 Å². The van der Waals surface area contributed by atoms with E-state index in [1.807, 2.05) is 0 Å². The number of hydrogen-bond donors (Lipinski definition) is 1. The second kappa shape index (κ2) is 5.92. The average molecular weight is 254 g/mol. The van der Waals surface area contributed by atoms with E-state index in [1.54, 1.807) is 0 Å². The van der Waals surface area contributed by atoms with Gasteiger partial charge in [-0.3, -0.25) is 0 Å². The van der Waals surface area contributed by atoms with Crippen molar-refractivity contribution >= 4 is 0 Å². The van der Waals surface area contributed by atoms with Gasteiger partial charge in [0.2, 0.25) is 0 Å². The fourth-order valence-electron chi connectivity index (χ4n) is 3.49. The molecule has 0 spiro atoms. The minimum absolute atomic E-state index is 0.338. The van der Waals surface area contributed by atoms with E-state index in [4.69, 9.17) is 5.73 Å². The zero-order valence-electron chi connectivity index (χ0n) is 13.4. The Labute approximate surface area is 114 Å². The van der Waals surface area contributed by atoms with Crippen LogP contribution in [0, 0.1) is 16.7 Å². The molecule has 0 aliphatic heterocycles. The largest absolute Gasteiger partial charge is 0.330 e. The third-order valence-electron chi connectivity index (χ3n) is 5.12. The van der Waals surface area contributed by atoms with Crippen LogP contribution in [0.1, 0.15) is 60.3 Å². The Morgan fingerprint density at radius 3 is 2.44 bits per heavy atom. The normalized spacial score (nSPS) is 31.7. The quantitative estimate of drug-likeness (QED) is 0.832. The molecule has 0 saturated heterocycles. The fourth-order valence-corrected chi connectivity index (χ4v) is 3.49. The Hall–Kier alpha value is -0.0800. The Morgan fingerprint density at radius 1 is 1.39 bits per heavy atom. The van der Waals surface area contributed by atoms with Crippen LogP contribution in [0.15, 0.2) is 0 Å². The van der Waals surface area contributed by atoms with Gasteiger partial charge in [-0.2, -0.15) is 0 Å². The lowest BCUT2D eigenvalue weighted by molar-refractivity contribution is 0.0524. The lowest BCUT2D eigenvalue weighted by Gasteiger charge is -2.45. The predicted molar refractivity (Wildman–Crippen MR) is 80.7 cm³/mol. The molecule has 18 heavy (non-hydrogen) atoms. The molecule has 0 heterocycles. The van der Waals surface area contributed by atoms with Crippen LogP contribution in [0.2, 0.25) is 0 Å². The molecule has 1 rings (SSSR count). The maximum absolute atomic E-state index is 6.13. The highest BCUT2D eigenvalue weighted by Gasteiger charge is 2.36. The third-order valence-corrected chi connectivity index (χ3v) is 5.12. The maximum atomic E-state index is 6.13. The molecule has 1 saturated carbocycles. The smallest absolute Gasteiger partial charge is 0.0113 e. The van der Waals surface area contributed by atoms with Gasteiger partial charge >= 0.3 is 0 Å². The van der Waals surface area contributed by atoms with E-state index < -0.39 is 0 Å². The number of rotatable bonds is 4. The van der Waals surface area contributed by atoms with Gasteiger partial charge in [-0.05, 0) is 50.1 Å². The Bertz CT molecular complexity index is 256. The third kappa shape index (κ3) is 3.96. The summed E-state index contributed by atoms with van der Waals surface area (Å²) in [6.45, 7) is 13.7. The van der Waals surface area contributed by atoms with Gasteiger partial charge in [0.25, 0.3) is 0 Å². The zero-order valence-corrected chi connectivity index (χ0v) is 13.4. The SMILES string of the molecule is CC1CCCC(CN)(CN(C)C(C)C(C)(C)C)C1. The molecule has 0 amide bonds. The van der Waals surface area contributed by atoms with Gasteiger partial charge < -0.3 is 10.6 Å². The first kappa shape index (κ1) is 16.0. The zero-order chi connectivity index (χ0) is 14.0. The summed E-state index contributed by atoms with van der Waals surface area (Å²) < 4.78 is 0. The number of nitrogens with zero attached hydrogens (tertiary/aromatic N) is 1. The van der Waals surface area contributed by atoms with Crippen LogP contribution in [0.25, 0.3) is 0 Å². The van der Waals surface area contributed by atoms with Gasteiger partial charge in [0.15, 0.2) is 0 Å². The van der Waals surface area contributed by atoms with Crippen molar-refractivity contribution in [2.24, 2.45) is 22.5 Å². The molecular weight excluding hydrogens is 220 g/mol. The van der Waals surface area contributed by atoms with Gasteiger partial charge in [-0.25, -0.2) is 0 Å². The highest BCUT2D eigenvalue weighted by atomic mass is 15.1. The molecule has 0 aromatic carbocycles.